The Balaban J connectivity index is 2.06. The minimum Gasteiger partial charge on any atom is -0.391 e. The minimum absolute atomic E-state index is 0.380. The lowest BCUT2D eigenvalue weighted by atomic mass is 10.2. The van der Waals surface area contributed by atoms with Crippen molar-refractivity contribution in [1.82, 2.24) is 5.32 Å². The van der Waals surface area contributed by atoms with E-state index in [1.54, 1.807) is 18.4 Å². The van der Waals surface area contributed by atoms with Crippen LogP contribution in [0.5, 0.6) is 0 Å². The van der Waals surface area contributed by atoms with Crippen molar-refractivity contribution in [3.8, 4) is 0 Å². The van der Waals surface area contributed by atoms with Gasteiger partial charge in [0.15, 0.2) is 0 Å². The van der Waals surface area contributed by atoms with Gasteiger partial charge < -0.3 is 15.2 Å². The second-order valence-electron chi connectivity index (χ2n) is 3.31. The zero-order valence-electron chi connectivity index (χ0n) is 8.70. The molecule has 0 aromatic carbocycles. The molecule has 1 aromatic rings. The summed E-state index contributed by atoms with van der Waals surface area (Å²) < 4.78 is 4.83. The number of aliphatic hydroxyl groups is 1. The largest absolute Gasteiger partial charge is 0.391 e. The number of ether oxygens (including phenoxy) is 1. The number of aliphatic hydroxyl groups excluding tert-OH is 1. The highest BCUT2D eigenvalue weighted by Crippen LogP contribution is 2.18. The molecule has 1 heterocycles. The standard InChI is InChI=1S/C10H16ClNO2S/c1-14-6-9(13)2-3-12-5-10-4-8(11)7-15-10/h4,7,9,12-13H,2-3,5-6H2,1H3. The van der Waals surface area contributed by atoms with Gasteiger partial charge in [-0.25, -0.2) is 0 Å². The second-order valence-corrected chi connectivity index (χ2v) is 4.74. The first-order valence-electron chi connectivity index (χ1n) is 4.83. The topological polar surface area (TPSA) is 41.5 Å². The zero-order chi connectivity index (χ0) is 11.1. The maximum atomic E-state index is 9.37. The normalized spacial score (nSPS) is 13.0. The zero-order valence-corrected chi connectivity index (χ0v) is 10.3. The van der Waals surface area contributed by atoms with Crippen molar-refractivity contribution in [3.05, 3.63) is 21.3 Å². The SMILES string of the molecule is COCC(O)CCNCc1cc(Cl)cs1. The van der Waals surface area contributed by atoms with Crippen molar-refractivity contribution in [3.63, 3.8) is 0 Å². The van der Waals surface area contributed by atoms with Crippen molar-refractivity contribution in [1.29, 1.82) is 0 Å². The van der Waals surface area contributed by atoms with Crippen molar-refractivity contribution >= 4 is 22.9 Å². The van der Waals surface area contributed by atoms with Crippen molar-refractivity contribution in [2.24, 2.45) is 0 Å². The smallest absolute Gasteiger partial charge is 0.0785 e. The quantitative estimate of drug-likeness (QED) is 0.726. The predicted molar refractivity (Wildman–Crippen MR) is 63.5 cm³/mol. The molecular formula is C10H16ClNO2S. The summed E-state index contributed by atoms with van der Waals surface area (Å²) in [6.07, 6.45) is 0.321. The highest BCUT2D eigenvalue weighted by Gasteiger charge is 2.02. The number of halogens is 1. The summed E-state index contributed by atoms with van der Waals surface area (Å²) in [5, 5.41) is 15.3. The van der Waals surface area contributed by atoms with Crippen molar-refractivity contribution in [2.75, 3.05) is 20.3 Å². The summed E-state index contributed by atoms with van der Waals surface area (Å²) in [4.78, 5) is 1.21. The number of nitrogens with one attached hydrogen (secondary N) is 1. The number of hydrogen-bond acceptors (Lipinski definition) is 4. The van der Waals surface area contributed by atoms with Crippen LogP contribution in [0.4, 0.5) is 0 Å². The number of thiophene rings is 1. The maximum Gasteiger partial charge on any atom is 0.0785 e. The summed E-state index contributed by atoms with van der Waals surface area (Å²) in [6.45, 7) is 1.98. The van der Waals surface area contributed by atoms with Gasteiger partial charge in [-0.2, -0.15) is 0 Å². The van der Waals surface area contributed by atoms with Gasteiger partial charge in [0, 0.05) is 23.9 Å². The fourth-order valence-corrected chi connectivity index (χ4v) is 2.24. The maximum absolute atomic E-state index is 9.37. The van der Waals surface area contributed by atoms with Crippen LogP contribution in [0.2, 0.25) is 5.02 Å². The van der Waals surface area contributed by atoms with Crippen LogP contribution < -0.4 is 5.32 Å². The molecule has 5 heteroatoms. The Labute approximate surface area is 99.0 Å². The van der Waals surface area contributed by atoms with Gasteiger partial charge in [-0.15, -0.1) is 11.3 Å². The third-order valence-corrected chi connectivity index (χ3v) is 3.22. The monoisotopic (exact) mass is 249 g/mol. The van der Waals surface area contributed by atoms with E-state index in [-0.39, 0.29) is 6.10 Å². The van der Waals surface area contributed by atoms with Gasteiger partial charge in [-0.05, 0) is 19.0 Å². The molecule has 1 unspecified atom stereocenters. The Bertz CT molecular complexity index is 280. The molecule has 86 valence electrons. The van der Waals surface area contributed by atoms with Gasteiger partial charge in [0.2, 0.25) is 0 Å². The van der Waals surface area contributed by atoms with Crippen molar-refractivity contribution in [2.45, 2.75) is 19.1 Å². The molecule has 0 amide bonds. The van der Waals surface area contributed by atoms with Crippen molar-refractivity contribution < 1.29 is 9.84 Å². The van der Waals surface area contributed by atoms with Crippen LogP contribution in [0.3, 0.4) is 0 Å². The Morgan fingerprint density at radius 2 is 2.47 bits per heavy atom. The summed E-state index contributed by atoms with van der Waals surface area (Å²) >= 11 is 7.43. The van der Waals surface area contributed by atoms with E-state index >= 15 is 0 Å². The van der Waals surface area contributed by atoms with Gasteiger partial charge in [0.1, 0.15) is 0 Å². The van der Waals surface area contributed by atoms with Gasteiger partial charge in [0.05, 0.1) is 17.7 Å². The molecule has 0 aliphatic carbocycles. The Hall–Kier alpha value is -0.130. The molecule has 1 aromatic heterocycles. The fraction of sp³-hybridized carbons (Fsp3) is 0.600. The molecule has 1 atom stereocenters. The second kappa shape index (κ2) is 7.19. The Morgan fingerprint density at radius 3 is 3.07 bits per heavy atom. The van der Waals surface area contributed by atoms with E-state index in [4.69, 9.17) is 16.3 Å². The predicted octanol–water partition coefficient (Wildman–Crippen LogP) is 1.89. The highest BCUT2D eigenvalue weighted by atomic mass is 35.5. The average molecular weight is 250 g/mol. The van der Waals surface area contributed by atoms with E-state index in [2.05, 4.69) is 5.32 Å². The summed E-state index contributed by atoms with van der Waals surface area (Å²) in [6, 6.07) is 1.95. The number of methoxy groups -OCH3 is 1. The molecular weight excluding hydrogens is 234 g/mol. The molecule has 15 heavy (non-hydrogen) atoms. The van der Waals surface area contributed by atoms with Crippen LogP contribution in [0.1, 0.15) is 11.3 Å². The lowest BCUT2D eigenvalue weighted by Gasteiger charge is -2.09. The molecule has 0 bridgehead atoms. The highest BCUT2D eigenvalue weighted by molar-refractivity contribution is 7.10. The van der Waals surface area contributed by atoms with E-state index in [0.29, 0.717) is 13.0 Å². The number of rotatable bonds is 7. The molecule has 0 saturated carbocycles. The average Bonchev–Trinajstić information content (AvgIpc) is 2.60. The van der Waals surface area contributed by atoms with Crippen LogP contribution in [0.15, 0.2) is 11.4 Å². The molecule has 0 fully saturated rings. The lowest BCUT2D eigenvalue weighted by molar-refractivity contribution is 0.0594. The fourth-order valence-electron chi connectivity index (χ4n) is 1.20. The summed E-state index contributed by atoms with van der Waals surface area (Å²) in [7, 11) is 1.59. The third kappa shape index (κ3) is 5.49. The number of hydrogen-bond donors (Lipinski definition) is 2. The van der Waals surface area contributed by atoms with E-state index < -0.39 is 0 Å². The first-order chi connectivity index (χ1) is 7.22. The summed E-state index contributed by atoms with van der Waals surface area (Å²) in [5.41, 5.74) is 0. The van der Waals surface area contributed by atoms with Gasteiger partial charge >= 0.3 is 0 Å². The molecule has 1 rings (SSSR count). The van der Waals surface area contributed by atoms with E-state index in [9.17, 15) is 5.11 Å². The third-order valence-electron chi connectivity index (χ3n) is 1.93. The first kappa shape index (κ1) is 12.9. The molecule has 0 aliphatic heterocycles. The van der Waals surface area contributed by atoms with Crippen LogP contribution in [-0.2, 0) is 11.3 Å². The Morgan fingerprint density at radius 1 is 1.67 bits per heavy atom. The lowest BCUT2D eigenvalue weighted by Crippen LogP contribution is -2.22. The summed E-state index contributed by atoms with van der Waals surface area (Å²) in [5.74, 6) is 0. The van der Waals surface area contributed by atoms with Crippen LogP contribution in [0.25, 0.3) is 0 Å². The van der Waals surface area contributed by atoms with Gasteiger partial charge in [0.25, 0.3) is 0 Å². The van der Waals surface area contributed by atoms with Crippen LogP contribution in [0, 0.1) is 0 Å². The van der Waals surface area contributed by atoms with Crippen LogP contribution >= 0.6 is 22.9 Å². The molecule has 0 radical (unpaired) electrons. The minimum atomic E-state index is -0.380. The van der Waals surface area contributed by atoms with Gasteiger partial charge in [-0.3, -0.25) is 0 Å². The first-order valence-corrected chi connectivity index (χ1v) is 6.08. The van der Waals surface area contributed by atoms with E-state index in [0.717, 1.165) is 18.1 Å². The molecule has 3 nitrogen and oxygen atoms in total. The van der Waals surface area contributed by atoms with Crippen LogP contribution in [-0.4, -0.2) is 31.5 Å². The van der Waals surface area contributed by atoms with E-state index in [1.165, 1.54) is 4.88 Å². The Kier molecular flexibility index (Phi) is 6.20. The molecule has 2 N–H and O–H groups in total. The molecule has 0 spiro atoms. The molecule has 0 saturated heterocycles. The van der Waals surface area contributed by atoms with E-state index in [1.807, 2.05) is 11.4 Å². The molecule has 0 aliphatic rings. The van der Waals surface area contributed by atoms with Gasteiger partial charge in [-0.1, -0.05) is 11.6 Å².